The molecule has 0 saturated heterocycles. The van der Waals surface area contributed by atoms with Crippen molar-refractivity contribution in [2.45, 2.75) is 12.8 Å². The number of benzene rings is 1. The van der Waals surface area contributed by atoms with E-state index in [1.54, 1.807) is 25.2 Å². The number of likely N-dealkylation sites (N-methyl/N-ethyl adjacent to an activating group) is 1. The Morgan fingerprint density at radius 1 is 1.35 bits per heavy atom. The van der Waals surface area contributed by atoms with Gasteiger partial charge in [-0.1, -0.05) is 12.1 Å². The van der Waals surface area contributed by atoms with Gasteiger partial charge in [-0.2, -0.15) is 0 Å². The van der Waals surface area contributed by atoms with Gasteiger partial charge >= 0.3 is 5.97 Å². The van der Waals surface area contributed by atoms with E-state index in [1.165, 1.54) is 0 Å². The molecule has 0 unspecified atom stereocenters. The molecule has 0 aliphatic rings. The van der Waals surface area contributed by atoms with Crippen LogP contribution in [0, 0.1) is 0 Å². The average molecular weight is 236 g/mol. The van der Waals surface area contributed by atoms with Gasteiger partial charge < -0.3 is 15.7 Å². The smallest absolute Gasteiger partial charge is 0.303 e. The summed E-state index contributed by atoms with van der Waals surface area (Å²) in [7, 11) is 1.70. The van der Waals surface area contributed by atoms with Crippen LogP contribution in [-0.2, 0) is 16.0 Å². The molecule has 0 aliphatic carbocycles. The normalized spacial score (nSPS) is 9.94. The Kier molecular flexibility index (Phi) is 5.16. The Balaban J connectivity index is 2.59. The van der Waals surface area contributed by atoms with Crippen LogP contribution in [0.25, 0.3) is 0 Å². The Morgan fingerprint density at radius 2 is 2.12 bits per heavy atom. The monoisotopic (exact) mass is 236 g/mol. The molecule has 0 aliphatic heterocycles. The molecule has 17 heavy (non-hydrogen) atoms. The number of carboxylic acids is 1. The van der Waals surface area contributed by atoms with Gasteiger partial charge in [-0.15, -0.1) is 0 Å². The van der Waals surface area contributed by atoms with E-state index in [0.29, 0.717) is 12.1 Å². The van der Waals surface area contributed by atoms with Crippen molar-refractivity contribution < 1.29 is 14.7 Å². The lowest BCUT2D eigenvalue weighted by atomic mass is 10.1. The maximum absolute atomic E-state index is 11.3. The van der Waals surface area contributed by atoms with Crippen molar-refractivity contribution in [3.63, 3.8) is 0 Å². The van der Waals surface area contributed by atoms with Crippen LogP contribution in [0.5, 0.6) is 0 Å². The van der Waals surface area contributed by atoms with Gasteiger partial charge in [-0.3, -0.25) is 9.59 Å². The summed E-state index contributed by atoms with van der Waals surface area (Å²) in [4.78, 5) is 21.8. The van der Waals surface area contributed by atoms with Crippen LogP contribution in [0.3, 0.4) is 0 Å². The van der Waals surface area contributed by atoms with Crippen LogP contribution in [0.15, 0.2) is 24.3 Å². The molecule has 92 valence electrons. The molecule has 0 fully saturated rings. The van der Waals surface area contributed by atoms with E-state index >= 15 is 0 Å². The molecule has 0 atom stereocenters. The third-order valence-electron chi connectivity index (χ3n) is 2.18. The third-order valence-corrected chi connectivity index (χ3v) is 2.18. The van der Waals surface area contributed by atoms with E-state index in [2.05, 4.69) is 10.6 Å². The SMILES string of the molecule is CNCC(=O)Nc1cccc(CCC(=O)O)c1. The van der Waals surface area contributed by atoms with Crippen LogP contribution in [0.1, 0.15) is 12.0 Å². The number of hydrogen-bond acceptors (Lipinski definition) is 3. The first-order chi connectivity index (χ1) is 8.11. The van der Waals surface area contributed by atoms with Crippen LogP contribution in [0.2, 0.25) is 0 Å². The molecule has 1 aromatic rings. The number of nitrogens with one attached hydrogen (secondary N) is 2. The van der Waals surface area contributed by atoms with Crippen LogP contribution in [-0.4, -0.2) is 30.6 Å². The summed E-state index contributed by atoms with van der Waals surface area (Å²) >= 11 is 0. The lowest BCUT2D eigenvalue weighted by Crippen LogP contribution is -2.25. The lowest BCUT2D eigenvalue weighted by molar-refractivity contribution is -0.137. The number of aryl methyl sites for hydroxylation is 1. The lowest BCUT2D eigenvalue weighted by Gasteiger charge is -2.06. The number of rotatable bonds is 6. The molecule has 1 aromatic carbocycles. The molecule has 0 radical (unpaired) electrons. The van der Waals surface area contributed by atoms with Crippen molar-refractivity contribution in [1.82, 2.24) is 5.32 Å². The molecule has 5 nitrogen and oxygen atoms in total. The van der Waals surface area contributed by atoms with Crippen molar-refractivity contribution >= 4 is 17.6 Å². The average Bonchev–Trinajstić information content (AvgIpc) is 2.27. The predicted molar refractivity (Wildman–Crippen MR) is 65.0 cm³/mol. The van der Waals surface area contributed by atoms with Crippen molar-refractivity contribution in [3.8, 4) is 0 Å². The molecule has 0 saturated carbocycles. The molecule has 1 rings (SSSR count). The maximum Gasteiger partial charge on any atom is 0.303 e. The zero-order chi connectivity index (χ0) is 12.7. The van der Waals surface area contributed by atoms with Gasteiger partial charge in [-0.05, 0) is 31.2 Å². The number of carbonyl (C=O) groups excluding carboxylic acids is 1. The minimum atomic E-state index is -0.824. The summed E-state index contributed by atoms with van der Waals surface area (Å²) in [5, 5.41) is 14.1. The van der Waals surface area contributed by atoms with Crippen molar-refractivity contribution in [2.24, 2.45) is 0 Å². The highest BCUT2D eigenvalue weighted by molar-refractivity contribution is 5.92. The van der Waals surface area contributed by atoms with E-state index in [0.717, 1.165) is 5.56 Å². The highest BCUT2D eigenvalue weighted by Gasteiger charge is 2.03. The highest BCUT2D eigenvalue weighted by atomic mass is 16.4. The minimum absolute atomic E-state index is 0.0912. The molecule has 5 heteroatoms. The summed E-state index contributed by atoms with van der Waals surface area (Å²) < 4.78 is 0. The molecular weight excluding hydrogens is 220 g/mol. The summed E-state index contributed by atoms with van der Waals surface area (Å²) in [5.41, 5.74) is 1.59. The van der Waals surface area contributed by atoms with E-state index in [4.69, 9.17) is 5.11 Å². The topological polar surface area (TPSA) is 78.4 Å². The fourth-order valence-corrected chi connectivity index (χ4v) is 1.42. The quantitative estimate of drug-likeness (QED) is 0.684. The fourth-order valence-electron chi connectivity index (χ4n) is 1.42. The van der Waals surface area contributed by atoms with E-state index in [1.807, 2.05) is 6.07 Å². The first-order valence-corrected chi connectivity index (χ1v) is 5.37. The first kappa shape index (κ1) is 13.2. The molecule has 0 spiro atoms. The second kappa shape index (κ2) is 6.65. The zero-order valence-corrected chi connectivity index (χ0v) is 9.69. The van der Waals surface area contributed by atoms with Gasteiger partial charge in [0.25, 0.3) is 0 Å². The molecule has 0 bridgehead atoms. The largest absolute Gasteiger partial charge is 0.481 e. The second-order valence-electron chi connectivity index (χ2n) is 3.67. The van der Waals surface area contributed by atoms with Crippen molar-refractivity contribution in [1.29, 1.82) is 0 Å². The first-order valence-electron chi connectivity index (χ1n) is 5.37. The number of carbonyl (C=O) groups is 2. The van der Waals surface area contributed by atoms with E-state index < -0.39 is 5.97 Å². The molecular formula is C12H16N2O3. The summed E-state index contributed by atoms with van der Waals surface area (Å²) in [5.74, 6) is -0.947. The third kappa shape index (κ3) is 5.12. The van der Waals surface area contributed by atoms with Gasteiger partial charge in [0, 0.05) is 12.1 Å². The Bertz CT molecular complexity index is 404. The van der Waals surface area contributed by atoms with Gasteiger partial charge in [0.15, 0.2) is 0 Å². The predicted octanol–water partition coefficient (Wildman–Crippen LogP) is 0.862. The second-order valence-corrected chi connectivity index (χ2v) is 3.67. The standard InChI is InChI=1S/C12H16N2O3/c1-13-8-11(15)14-10-4-2-3-9(7-10)5-6-12(16)17/h2-4,7,13H,5-6,8H2,1H3,(H,14,15)(H,16,17). The zero-order valence-electron chi connectivity index (χ0n) is 9.69. The Morgan fingerprint density at radius 3 is 2.76 bits per heavy atom. The summed E-state index contributed by atoms with van der Waals surface area (Å²) in [6.45, 7) is 0.249. The van der Waals surface area contributed by atoms with E-state index in [-0.39, 0.29) is 18.9 Å². The van der Waals surface area contributed by atoms with Crippen LogP contribution >= 0.6 is 0 Å². The van der Waals surface area contributed by atoms with Gasteiger partial charge in [0.05, 0.1) is 6.54 Å². The summed E-state index contributed by atoms with van der Waals surface area (Å²) in [6.07, 6.45) is 0.555. The molecule has 3 N–H and O–H groups in total. The number of carboxylic acid groups (broad SMARTS) is 1. The maximum atomic E-state index is 11.3. The van der Waals surface area contributed by atoms with Crippen molar-refractivity contribution in [3.05, 3.63) is 29.8 Å². The number of anilines is 1. The number of amides is 1. The fraction of sp³-hybridized carbons (Fsp3) is 0.333. The molecule has 1 amide bonds. The highest BCUT2D eigenvalue weighted by Crippen LogP contribution is 2.12. The Labute approximate surface area is 99.8 Å². The Hall–Kier alpha value is -1.88. The van der Waals surface area contributed by atoms with Crippen molar-refractivity contribution in [2.75, 3.05) is 18.9 Å². The number of hydrogen-bond donors (Lipinski definition) is 3. The minimum Gasteiger partial charge on any atom is -0.481 e. The van der Waals surface area contributed by atoms with Gasteiger partial charge in [0.2, 0.25) is 5.91 Å². The number of aliphatic carboxylic acids is 1. The summed E-state index contributed by atoms with van der Waals surface area (Å²) in [6, 6.07) is 7.21. The molecule has 0 aromatic heterocycles. The van der Waals surface area contributed by atoms with Gasteiger partial charge in [-0.25, -0.2) is 0 Å². The van der Waals surface area contributed by atoms with Crippen LogP contribution in [0.4, 0.5) is 5.69 Å². The van der Waals surface area contributed by atoms with Gasteiger partial charge in [0.1, 0.15) is 0 Å². The van der Waals surface area contributed by atoms with E-state index in [9.17, 15) is 9.59 Å². The molecule has 0 heterocycles. The van der Waals surface area contributed by atoms with Crippen LogP contribution < -0.4 is 10.6 Å².